The molecule has 0 spiro atoms. The molecule has 8 heteroatoms. The quantitative estimate of drug-likeness (QED) is 0.423. The van der Waals surface area contributed by atoms with Gasteiger partial charge in [-0.15, -0.1) is 0 Å². The third-order valence-electron chi connectivity index (χ3n) is 7.36. The van der Waals surface area contributed by atoms with Crippen molar-refractivity contribution in [3.8, 4) is 6.07 Å². The zero-order valence-electron chi connectivity index (χ0n) is 21.5. The van der Waals surface area contributed by atoms with Gasteiger partial charge in [-0.1, -0.05) is 13.8 Å². The molecule has 8 nitrogen and oxygen atoms in total. The number of carbonyl (C=O) groups excluding carboxylic acids is 2. The topological polar surface area (TPSA) is 120 Å². The number of nitriles is 1. The summed E-state index contributed by atoms with van der Waals surface area (Å²) >= 11 is 0. The highest BCUT2D eigenvalue weighted by Crippen LogP contribution is 2.46. The van der Waals surface area contributed by atoms with E-state index in [4.69, 9.17) is 0 Å². The Morgan fingerprint density at radius 3 is 2.44 bits per heavy atom. The van der Waals surface area contributed by atoms with Gasteiger partial charge in [-0.2, -0.15) is 5.26 Å². The lowest BCUT2D eigenvalue weighted by atomic mass is 10.1. The zero-order chi connectivity index (χ0) is 26.2. The van der Waals surface area contributed by atoms with Crippen molar-refractivity contribution in [1.82, 2.24) is 14.9 Å². The fraction of sp³-hybridized carbons (Fsp3) is 0.429. The number of nitrogens with one attached hydrogen (secondary N) is 3. The van der Waals surface area contributed by atoms with Crippen molar-refractivity contribution in [1.29, 1.82) is 5.26 Å². The maximum Gasteiger partial charge on any atom is 0.254 e. The molecule has 2 amide bonds. The van der Waals surface area contributed by atoms with Crippen molar-refractivity contribution in [2.24, 2.45) is 5.41 Å². The number of aryl methyl sites for hydroxylation is 2. The molecule has 3 aromatic rings. The van der Waals surface area contributed by atoms with E-state index in [0.29, 0.717) is 29.7 Å². The highest BCUT2D eigenvalue weighted by Gasteiger charge is 2.50. The maximum atomic E-state index is 13.5. The number of nitrogens with zero attached hydrogens (tertiary/aromatic N) is 2. The van der Waals surface area contributed by atoms with Crippen molar-refractivity contribution in [3.05, 3.63) is 62.7 Å². The average molecular weight is 488 g/mol. The Kier molecular flexibility index (Phi) is 6.77. The third-order valence-corrected chi connectivity index (χ3v) is 7.36. The van der Waals surface area contributed by atoms with Crippen LogP contribution in [0.25, 0.3) is 10.9 Å². The van der Waals surface area contributed by atoms with E-state index >= 15 is 0 Å². The van der Waals surface area contributed by atoms with Gasteiger partial charge in [0.25, 0.3) is 11.5 Å². The molecule has 1 aliphatic rings. The van der Waals surface area contributed by atoms with Gasteiger partial charge >= 0.3 is 0 Å². The molecule has 36 heavy (non-hydrogen) atoms. The normalized spacial score (nSPS) is 14.0. The van der Waals surface area contributed by atoms with E-state index in [-0.39, 0.29) is 30.0 Å². The van der Waals surface area contributed by atoms with E-state index in [1.165, 1.54) is 0 Å². The van der Waals surface area contributed by atoms with Crippen LogP contribution in [0.4, 0.5) is 5.69 Å². The van der Waals surface area contributed by atoms with Crippen LogP contribution in [0.1, 0.15) is 78.4 Å². The highest BCUT2D eigenvalue weighted by atomic mass is 16.2. The lowest BCUT2D eigenvalue weighted by Crippen LogP contribution is -2.28. The minimum atomic E-state index is -0.939. The molecule has 1 fully saturated rings. The second-order valence-corrected chi connectivity index (χ2v) is 9.81. The Bertz CT molecular complexity index is 1450. The number of aromatic amines is 1. The Balaban J connectivity index is 1.73. The van der Waals surface area contributed by atoms with Gasteiger partial charge in [0, 0.05) is 46.1 Å². The molecule has 2 heterocycles. The Hall–Kier alpha value is -3.86. The molecule has 188 valence electrons. The number of hydrogen-bond acceptors (Lipinski definition) is 4. The van der Waals surface area contributed by atoms with E-state index in [9.17, 15) is 19.6 Å². The van der Waals surface area contributed by atoms with Crippen molar-refractivity contribution in [2.45, 2.75) is 72.9 Å². The summed E-state index contributed by atoms with van der Waals surface area (Å²) in [7, 11) is 0. The van der Waals surface area contributed by atoms with Crippen LogP contribution >= 0.6 is 0 Å². The molecule has 0 unspecified atom stereocenters. The summed E-state index contributed by atoms with van der Waals surface area (Å²) in [5.74, 6) is -0.582. The molecule has 1 saturated carbocycles. The van der Waals surface area contributed by atoms with E-state index < -0.39 is 5.41 Å². The zero-order valence-corrected chi connectivity index (χ0v) is 21.5. The number of fused-ring (bicyclic) bond motifs is 1. The second kappa shape index (κ2) is 9.65. The first-order valence-electron chi connectivity index (χ1n) is 12.5. The molecule has 0 bridgehead atoms. The fourth-order valence-corrected chi connectivity index (χ4v) is 5.05. The molecule has 0 aliphatic heterocycles. The van der Waals surface area contributed by atoms with Gasteiger partial charge in [-0.25, -0.2) is 0 Å². The summed E-state index contributed by atoms with van der Waals surface area (Å²) in [6.07, 6.45) is 2.94. The maximum absolute atomic E-state index is 13.5. The van der Waals surface area contributed by atoms with E-state index in [2.05, 4.69) is 40.1 Å². The van der Waals surface area contributed by atoms with Crippen molar-refractivity contribution in [3.63, 3.8) is 0 Å². The van der Waals surface area contributed by atoms with Gasteiger partial charge in [0.05, 0.1) is 11.6 Å². The summed E-state index contributed by atoms with van der Waals surface area (Å²) in [6.45, 7) is 9.97. The first-order valence-corrected chi connectivity index (χ1v) is 12.5. The van der Waals surface area contributed by atoms with Crippen LogP contribution in [0.15, 0.2) is 29.1 Å². The SMILES string of the molecule is CCC(CC)n1c(C)c(C(=O)NCc2c(C)cc(C)[nH]c2=O)c2cc(NC(=O)C3(C#N)CC3)ccc21. The smallest absolute Gasteiger partial charge is 0.254 e. The minimum Gasteiger partial charge on any atom is -0.348 e. The van der Waals surface area contributed by atoms with Gasteiger partial charge in [0.2, 0.25) is 5.91 Å². The number of amides is 2. The Labute approximate surface area is 210 Å². The van der Waals surface area contributed by atoms with Crippen molar-refractivity contribution in [2.75, 3.05) is 5.32 Å². The van der Waals surface area contributed by atoms with Gasteiger partial charge in [0.15, 0.2) is 0 Å². The number of benzene rings is 1. The first-order chi connectivity index (χ1) is 17.2. The van der Waals surface area contributed by atoms with Gasteiger partial charge in [-0.05, 0) is 76.3 Å². The largest absolute Gasteiger partial charge is 0.348 e. The Morgan fingerprint density at radius 2 is 1.86 bits per heavy atom. The van der Waals surface area contributed by atoms with Crippen LogP contribution < -0.4 is 16.2 Å². The number of carbonyl (C=O) groups is 2. The van der Waals surface area contributed by atoms with Crippen LogP contribution in [-0.2, 0) is 11.3 Å². The van der Waals surface area contributed by atoms with E-state index in [1.807, 2.05) is 45.0 Å². The molecule has 1 aromatic carbocycles. The molecule has 3 N–H and O–H groups in total. The molecule has 4 rings (SSSR count). The minimum absolute atomic E-state index is 0.110. The van der Waals surface area contributed by atoms with Gasteiger partial charge < -0.3 is 20.2 Å². The van der Waals surface area contributed by atoms with Gasteiger partial charge in [0.1, 0.15) is 5.41 Å². The lowest BCUT2D eigenvalue weighted by Gasteiger charge is -2.19. The van der Waals surface area contributed by atoms with E-state index in [0.717, 1.165) is 40.7 Å². The molecule has 0 atom stereocenters. The molecular weight excluding hydrogens is 454 g/mol. The molecule has 2 aromatic heterocycles. The summed E-state index contributed by atoms with van der Waals surface area (Å²) in [4.78, 5) is 41.4. The molecular formula is C28H33N5O3. The fourth-order valence-electron chi connectivity index (χ4n) is 5.05. The van der Waals surface area contributed by atoms with Crippen molar-refractivity contribution < 1.29 is 9.59 Å². The third kappa shape index (κ3) is 4.41. The van der Waals surface area contributed by atoms with Gasteiger partial charge in [-0.3, -0.25) is 14.4 Å². The Morgan fingerprint density at radius 1 is 1.17 bits per heavy atom. The summed E-state index contributed by atoms with van der Waals surface area (Å²) in [5.41, 5.74) is 3.80. The number of pyridine rings is 1. The average Bonchev–Trinajstić information content (AvgIpc) is 3.59. The van der Waals surface area contributed by atoms with E-state index in [1.54, 1.807) is 0 Å². The molecule has 0 radical (unpaired) electrons. The molecule has 0 saturated heterocycles. The van der Waals surface area contributed by atoms with Crippen LogP contribution in [0.2, 0.25) is 0 Å². The van der Waals surface area contributed by atoms with Crippen LogP contribution in [0, 0.1) is 37.5 Å². The van der Waals surface area contributed by atoms with Crippen molar-refractivity contribution >= 4 is 28.4 Å². The highest BCUT2D eigenvalue weighted by molar-refractivity contribution is 6.10. The molecule has 1 aliphatic carbocycles. The number of aromatic nitrogens is 2. The number of rotatable bonds is 8. The predicted octanol–water partition coefficient (Wildman–Crippen LogP) is 4.79. The number of H-pyrrole nitrogens is 1. The summed E-state index contributed by atoms with van der Waals surface area (Å²) in [5, 5.41) is 15.9. The standard InChI is InChI=1S/C28H33N5O3/c1-6-20(7-2)33-18(5)24(26(35)30-14-22-16(3)12-17(4)31-25(22)34)21-13-19(8-9-23(21)33)32-27(36)28(15-29)10-11-28/h8-9,12-13,20H,6-7,10-11,14H2,1-5H3,(H,30,35)(H,31,34)(H,32,36). The van der Waals surface area contributed by atoms with Crippen LogP contribution in [0.5, 0.6) is 0 Å². The monoisotopic (exact) mass is 487 g/mol. The summed E-state index contributed by atoms with van der Waals surface area (Å²) in [6, 6.07) is 9.77. The van der Waals surface area contributed by atoms with Crippen LogP contribution in [-0.4, -0.2) is 21.4 Å². The number of hydrogen-bond donors (Lipinski definition) is 3. The first kappa shape index (κ1) is 25.2. The summed E-state index contributed by atoms with van der Waals surface area (Å²) < 4.78 is 2.19. The number of anilines is 1. The second-order valence-electron chi connectivity index (χ2n) is 9.81. The lowest BCUT2D eigenvalue weighted by molar-refractivity contribution is -0.119. The predicted molar refractivity (Wildman–Crippen MR) is 140 cm³/mol. The van der Waals surface area contributed by atoms with Crippen LogP contribution in [0.3, 0.4) is 0 Å².